The number of rotatable bonds is 9. The largest absolute Gasteiger partial charge is 0.391 e. The van der Waals surface area contributed by atoms with Crippen LogP contribution in [0.5, 0.6) is 0 Å². The number of aliphatic hydroxyl groups excluding tert-OH is 1. The zero-order valence-electron chi connectivity index (χ0n) is 13.4. The smallest absolute Gasteiger partial charge is 0.250 e. The molecule has 1 heterocycles. The first kappa shape index (κ1) is 18.6. The van der Waals surface area contributed by atoms with E-state index in [1.165, 1.54) is 12.8 Å². The Hall–Kier alpha value is -0.430. The molecule has 1 rings (SSSR count). The summed E-state index contributed by atoms with van der Waals surface area (Å²) in [6.45, 7) is 8.47. The highest BCUT2D eigenvalue weighted by atomic mass is 32.2. The summed E-state index contributed by atoms with van der Waals surface area (Å²) in [7, 11) is -3.48. The third-order valence-electron chi connectivity index (χ3n) is 3.60. The van der Waals surface area contributed by atoms with Crippen LogP contribution in [0.2, 0.25) is 0 Å². The third kappa shape index (κ3) is 5.70. The van der Waals surface area contributed by atoms with E-state index in [-0.39, 0.29) is 16.2 Å². The van der Waals surface area contributed by atoms with Gasteiger partial charge in [-0.1, -0.05) is 40.0 Å². The number of aliphatic hydroxyl groups is 1. The number of hydrogen-bond donors (Lipinski definition) is 2. The number of unbranched alkanes of at least 4 members (excludes halogenated alkanes) is 2. The quantitative estimate of drug-likeness (QED) is 0.680. The summed E-state index contributed by atoms with van der Waals surface area (Å²) < 4.78 is 27.6. The minimum absolute atomic E-state index is 0.0473. The summed E-state index contributed by atoms with van der Waals surface area (Å²) in [5.74, 6) is 0. The van der Waals surface area contributed by atoms with Gasteiger partial charge in [0.05, 0.1) is 6.61 Å². The second-order valence-corrected chi connectivity index (χ2v) is 9.41. The zero-order chi connectivity index (χ0) is 16.1. The summed E-state index contributed by atoms with van der Waals surface area (Å²) in [5, 5.41) is 9.17. The van der Waals surface area contributed by atoms with E-state index < -0.39 is 10.0 Å². The molecule has 0 aliphatic heterocycles. The molecule has 0 unspecified atom stereocenters. The maximum Gasteiger partial charge on any atom is 0.250 e. The molecule has 0 aliphatic rings. The molecule has 0 amide bonds. The van der Waals surface area contributed by atoms with Crippen molar-refractivity contribution in [2.24, 2.45) is 5.41 Å². The highest BCUT2D eigenvalue weighted by Gasteiger charge is 2.23. The van der Waals surface area contributed by atoms with Crippen molar-refractivity contribution in [3.05, 3.63) is 16.5 Å². The number of sulfonamides is 1. The van der Waals surface area contributed by atoms with Crippen molar-refractivity contribution in [2.75, 3.05) is 6.54 Å². The van der Waals surface area contributed by atoms with E-state index >= 15 is 0 Å². The highest BCUT2D eigenvalue weighted by molar-refractivity contribution is 7.91. The Balaban J connectivity index is 2.67. The maximum atomic E-state index is 12.3. The van der Waals surface area contributed by atoms with Crippen molar-refractivity contribution in [3.8, 4) is 0 Å². The van der Waals surface area contributed by atoms with Gasteiger partial charge in [-0.05, 0) is 30.4 Å². The van der Waals surface area contributed by atoms with Gasteiger partial charge in [-0.2, -0.15) is 0 Å². The normalized spacial score (nSPS) is 12.8. The lowest BCUT2D eigenvalue weighted by Gasteiger charge is -2.24. The summed E-state index contributed by atoms with van der Waals surface area (Å²) in [4.78, 5) is 0.706. The monoisotopic (exact) mass is 333 g/mol. The second kappa shape index (κ2) is 7.72. The van der Waals surface area contributed by atoms with Crippen molar-refractivity contribution in [1.29, 1.82) is 0 Å². The summed E-state index contributed by atoms with van der Waals surface area (Å²) in [6.07, 6.45) is 4.48. The van der Waals surface area contributed by atoms with Gasteiger partial charge in [-0.25, -0.2) is 13.1 Å². The number of aryl methyl sites for hydroxylation is 1. The van der Waals surface area contributed by atoms with Gasteiger partial charge in [-0.15, -0.1) is 11.3 Å². The molecule has 6 heteroatoms. The average Bonchev–Trinajstić information content (AvgIpc) is 2.79. The topological polar surface area (TPSA) is 66.4 Å². The van der Waals surface area contributed by atoms with Crippen LogP contribution in [0.1, 0.15) is 56.9 Å². The van der Waals surface area contributed by atoms with Gasteiger partial charge in [0.1, 0.15) is 4.21 Å². The fourth-order valence-corrected chi connectivity index (χ4v) is 4.82. The minimum Gasteiger partial charge on any atom is -0.391 e. The molecule has 21 heavy (non-hydrogen) atoms. The molecule has 1 aromatic rings. The molecule has 0 fully saturated rings. The molecule has 0 saturated heterocycles. The Morgan fingerprint density at radius 1 is 1.33 bits per heavy atom. The van der Waals surface area contributed by atoms with Crippen molar-refractivity contribution in [3.63, 3.8) is 0 Å². The first-order chi connectivity index (χ1) is 9.72. The molecule has 0 saturated carbocycles. The van der Waals surface area contributed by atoms with Crippen LogP contribution in [0.4, 0.5) is 0 Å². The van der Waals surface area contributed by atoms with Gasteiger partial charge in [-0.3, -0.25) is 0 Å². The van der Waals surface area contributed by atoms with Gasteiger partial charge >= 0.3 is 0 Å². The van der Waals surface area contributed by atoms with Gasteiger partial charge in [0.15, 0.2) is 0 Å². The fraction of sp³-hybridized carbons (Fsp3) is 0.733. The molecule has 0 aliphatic carbocycles. The molecular weight excluding hydrogens is 306 g/mol. The van der Waals surface area contributed by atoms with E-state index in [1.54, 1.807) is 6.07 Å². The standard InChI is InChI=1S/C15H27NO3S2/c1-5-6-7-8-15(3,4)11-16-21(18,19)14-9-12(2)13(10-17)20-14/h9,16-17H,5-8,10-11H2,1-4H3. The second-order valence-electron chi connectivity index (χ2n) is 6.28. The van der Waals surface area contributed by atoms with Crippen LogP contribution >= 0.6 is 11.3 Å². The van der Waals surface area contributed by atoms with Gasteiger partial charge in [0.2, 0.25) is 10.0 Å². The summed E-state index contributed by atoms with van der Waals surface area (Å²) in [5.41, 5.74) is 0.777. The number of hydrogen-bond acceptors (Lipinski definition) is 4. The van der Waals surface area contributed by atoms with Crippen LogP contribution < -0.4 is 4.72 Å². The van der Waals surface area contributed by atoms with Crippen LogP contribution in [-0.4, -0.2) is 20.1 Å². The molecule has 1 aromatic heterocycles. The lowest BCUT2D eigenvalue weighted by molar-refractivity contribution is 0.285. The predicted octanol–water partition coefficient (Wildman–Crippen LogP) is 3.43. The molecule has 0 aromatic carbocycles. The van der Waals surface area contributed by atoms with E-state index in [1.807, 2.05) is 6.92 Å². The Morgan fingerprint density at radius 2 is 2.00 bits per heavy atom. The van der Waals surface area contributed by atoms with Crippen molar-refractivity contribution in [1.82, 2.24) is 4.72 Å². The van der Waals surface area contributed by atoms with Crippen LogP contribution in [-0.2, 0) is 16.6 Å². The Bertz CT molecular complexity index is 547. The summed E-state index contributed by atoms with van der Waals surface area (Å²) in [6, 6.07) is 1.63. The van der Waals surface area contributed by atoms with E-state index in [4.69, 9.17) is 0 Å². The van der Waals surface area contributed by atoms with E-state index in [0.29, 0.717) is 11.4 Å². The molecule has 0 bridgehead atoms. The lowest BCUT2D eigenvalue weighted by Crippen LogP contribution is -2.33. The Morgan fingerprint density at radius 3 is 2.52 bits per heavy atom. The first-order valence-electron chi connectivity index (χ1n) is 7.41. The Labute approximate surface area is 132 Å². The molecule has 0 spiro atoms. The minimum atomic E-state index is -3.48. The van der Waals surface area contributed by atoms with Crippen LogP contribution in [0.15, 0.2) is 10.3 Å². The van der Waals surface area contributed by atoms with Crippen LogP contribution in [0.3, 0.4) is 0 Å². The van der Waals surface area contributed by atoms with Crippen LogP contribution in [0.25, 0.3) is 0 Å². The lowest BCUT2D eigenvalue weighted by atomic mass is 9.87. The molecule has 0 radical (unpaired) electrons. The van der Waals surface area contributed by atoms with E-state index in [0.717, 1.165) is 29.7 Å². The number of nitrogens with one attached hydrogen (secondary N) is 1. The Kier molecular flexibility index (Phi) is 6.84. The predicted molar refractivity (Wildman–Crippen MR) is 88.1 cm³/mol. The summed E-state index contributed by atoms with van der Waals surface area (Å²) >= 11 is 1.14. The fourth-order valence-electron chi connectivity index (χ4n) is 2.08. The zero-order valence-corrected chi connectivity index (χ0v) is 15.0. The first-order valence-corrected chi connectivity index (χ1v) is 9.71. The third-order valence-corrected chi connectivity index (χ3v) is 6.70. The van der Waals surface area contributed by atoms with Crippen molar-refractivity contribution in [2.45, 2.75) is 64.2 Å². The van der Waals surface area contributed by atoms with E-state index in [2.05, 4.69) is 25.5 Å². The molecule has 0 atom stereocenters. The number of thiophene rings is 1. The van der Waals surface area contributed by atoms with Gasteiger partial charge in [0, 0.05) is 11.4 Å². The van der Waals surface area contributed by atoms with E-state index in [9.17, 15) is 13.5 Å². The molecular formula is C15H27NO3S2. The van der Waals surface area contributed by atoms with Gasteiger partial charge < -0.3 is 5.11 Å². The van der Waals surface area contributed by atoms with Crippen molar-refractivity contribution >= 4 is 21.4 Å². The molecule has 122 valence electrons. The maximum absolute atomic E-state index is 12.3. The SMILES string of the molecule is CCCCCC(C)(C)CNS(=O)(=O)c1cc(C)c(CO)s1. The average molecular weight is 334 g/mol. The highest BCUT2D eigenvalue weighted by Crippen LogP contribution is 2.27. The molecule has 4 nitrogen and oxygen atoms in total. The van der Waals surface area contributed by atoms with Crippen LogP contribution in [0, 0.1) is 12.3 Å². The van der Waals surface area contributed by atoms with Crippen molar-refractivity contribution < 1.29 is 13.5 Å². The molecule has 2 N–H and O–H groups in total. The van der Waals surface area contributed by atoms with Gasteiger partial charge in [0.25, 0.3) is 0 Å².